The quantitative estimate of drug-likeness (QED) is 0.798. The van der Waals surface area contributed by atoms with Gasteiger partial charge < -0.3 is 10.1 Å². The molecule has 0 bridgehead atoms. The van der Waals surface area contributed by atoms with Gasteiger partial charge in [0.25, 0.3) is 0 Å². The molecule has 122 valence electrons. The second kappa shape index (κ2) is 7.74. The van der Waals surface area contributed by atoms with Crippen molar-refractivity contribution in [2.24, 2.45) is 0 Å². The molecule has 2 fully saturated rings. The van der Waals surface area contributed by atoms with Gasteiger partial charge >= 0.3 is 0 Å². The second-order valence-corrected chi connectivity index (χ2v) is 6.15. The predicted octanol–water partition coefficient (Wildman–Crippen LogP) is 1.03. The molecule has 3 rings (SSSR count). The normalized spacial score (nSPS) is 23.7. The molecular formula is C16H26N4O2. The van der Waals surface area contributed by atoms with Crippen molar-refractivity contribution in [3.63, 3.8) is 0 Å². The van der Waals surface area contributed by atoms with Crippen LogP contribution >= 0.6 is 0 Å². The number of hydrogen-bond acceptors (Lipinski definition) is 4. The molecule has 0 radical (unpaired) electrons. The highest BCUT2D eigenvalue weighted by Crippen LogP contribution is 2.25. The molecule has 3 heterocycles. The third-order valence-corrected chi connectivity index (χ3v) is 4.68. The number of nitrogens with zero attached hydrogens (tertiary/aromatic N) is 3. The van der Waals surface area contributed by atoms with Gasteiger partial charge in [0.15, 0.2) is 0 Å². The monoisotopic (exact) mass is 306 g/mol. The Bertz CT molecular complexity index is 457. The average molecular weight is 306 g/mol. The summed E-state index contributed by atoms with van der Waals surface area (Å²) < 4.78 is 7.33. The topological polar surface area (TPSA) is 59.4 Å². The molecule has 0 spiro atoms. The molecule has 0 aromatic carbocycles. The zero-order valence-electron chi connectivity index (χ0n) is 13.1. The van der Waals surface area contributed by atoms with E-state index in [1.54, 1.807) is 6.20 Å². The number of carbonyl (C=O) groups is 1. The van der Waals surface area contributed by atoms with E-state index in [2.05, 4.69) is 15.3 Å². The molecule has 6 heteroatoms. The molecule has 0 aliphatic carbocycles. The SMILES string of the molecule is O=C(NCCCn1cccn1)C1CCCN1C1CCOCC1. The highest BCUT2D eigenvalue weighted by Gasteiger charge is 2.35. The lowest BCUT2D eigenvalue weighted by atomic mass is 10.1. The Labute approximate surface area is 131 Å². The first-order valence-electron chi connectivity index (χ1n) is 8.43. The molecule has 6 nitrogen and oxygen atoms in total. The van der Waals surface area contributed by atoms with Gasteiger partial charge in [-0.15, -0.1) is 0 Å². The molecule has 2 aliphatic rings. The third-order valence-electron chi connectivity index (χ3n) is 4.68. The Morgan fingerprint density at radius 1 is 1.32 bits per heavy atom. The van der Waals surface area contributed by atoms with Gasteiger partial charge in [0.2, 0.25) is 5.91 Å². The van der Waals surface area contributed by atoms with Crippen molar-refractivity contribution in [2.75, 3.05) is 26.3 Å². The fraction of sp³-hybridized carbons (Fsp3) is 0.750. The van der Waals surface area contributed by atoms with Crippen LogP contribution in [0.4, 0.5) is 0 Å². The maximum atomic E-state index is 12.5. The molecule has 22 heavy (non-hydrogen) atoms. The summed E-state index contributed by atoms with van der Waals surface area (Å²) in [4.78, 5) is 14.9. The van der Waals surface area contributed by atoms with Crippen molar-refractivity contribution in [2.45, 2.75) is 50.7 Å². The number of rotatable bonds is 6. The summed E-state index contributed by atoms with van der Waals surface area (Å²) in [5, 5.41) is 7.27. The molecule has 1 atom stereocenters. The molecule has 2 aliphatic heterocycles. The smallest absolute Gasteiger partial charge is 0.237 e. The van der Waals surface area contributed by atoms with Crippen molar-refractivity contribution in [3.8, 4) is 0 Å². The number of aromatic nitrogens is 2. The van der Waals surface area contributed by atoms with Gasteiger partial charge in [-0.25, -0.2) is 0 Å². The minimum atomic E-state index is 0.0628. The first-order chi connectivity index (χ1) is 10.8. The van der Waals surface area contributed by atoms with Crippen LogP contribution in [0.5, 0.6) is 0 Å². The summed E-state index contributed by atoms with van der Waals surface area (Å²) in [5.41, 5.74) is 0. The van der Waals surface area contributed by atoms with Crippen molar-refractivity contribution >= 4 is 5.91 Å². The Morgan fingerprint density at radius 3 is 2.95 bits per heavy atom. The molecule has 1 unspecified atom stereocenters. The fourth-order valence-corrected chi connectivity index (χ4v) is 3.53. The number of likely N-dealkylation sites (tertiary alicyclic amines) is 1. The molecule has 2 saturated heterocycles. The lowest BCUT2D eigenvalue weighted by molar-refractivity contribution is -0.126. The highest BCUT2D eigenvalue weighted by atomic mass is 16.5. The highest BCUT2D eigenvalue weighted by molar-refractivity contribution is 5.82. The second-order valence-electron chi connectivity index (χ2n) is 6.15. The predicted molar refractivity (Wildman–Crippen MR) is 83.4 cm³/mol. The largest absolute Gasteiger partial charge is 0.381 e. The number of aryl methyl sites for hydroxylation is 1. The van der Waals surface area contributed by atoms with Crippen LogP contribution in [-0.4, -0.2) is 59.0 Å². The van der Waals surface area contributed by atoms with Crippen molar-refractivity contribution in [1.82, 2.24) is 20.0 Å². The van der Waals surface area contributed by atoms with E-state index >= 15 is 0 Å². The third kappa shape index (κ3) is 3.87. The lowest BCUT2D eigenvalue weighted by Gasteiger charge is -2.34. The van der Waals surface area contributed by atoms with Crippen LogP contribution in [0.15, 0.2) is 18.5 Å². The van der Waals surface area contributed by atoms with E-state index in [0.717, 1.165) is 65.0 Å². The van der Waals surface area contributed by atoms with Crippen LogP contribution in [0.2, 0.25) is 0 Å². The number of nitrogens with one attached hydrogen (secondary N) is 1. The van der Waals surface area contributed by atoms with Crippen molar-refractivity contribution in [3.05, 3.63) is 18.5 Å². The molecular weight excluding hydrogens is 280 g/mol. The van der Waals surface area contributed by atoms with Crippen molar-refractivity contribution < 1.29 is 9.53 Å². The standard InChI is InChI=1S/C16H26N4O2/c21-16(17-7-2-9-19-10-3-8-18-19)15-4-1-11-20(15)14-5-12-22-13-6-14/h3,8,10,14-15H,1-2,4-7,9,11-13H2,(H,17,21). The Balaban J connectivity index is 1.42. The van der Waals surface area contributed by atoms with Crippen LogP contribution in [0, 0.1) is 0 Å². The minimum Gasteiger partial charge on any atom is -0.381 e. The Kier molecular flexibility index (Phi) is 5.45. The van der Waals surface area contributed by atoms with Crippen molar-refractivity contribution in [1.29, 1.82) is 0 Å². The minimum absolute atomic E-state index is 0.0628. The summed E-state index contributed by atoms with van der Waals surface area (Å²) in [6.07, 6.45) is 8.88. The average Bonchev–Trinajstić information content (AvgIpc) is 3.23. The molecule has 1 N–H and O–H groups in total. The van der Waals surface area contributed by atoms with E-state index in [1.807, 2.05) is 16.9 Å². The molecule has 0 saturated carbocycles. The number of hydrogen-bond donors (Lipinski definition) is 1. The molecule has 1 aromatic heterocycles. The fourth-order valence-electron chi connectivity index (χ4n) is 3.53. The van der Waals surface area contributed by atoms with E-state index in [-0.39, 0.29) is 11.9 Å². The van der Waals surface area contributed by atoms with Gasteiger partial charge in [-0.05, 0) is 44.7 Å². The lowest BCUT2D eigenvalue weighted by Crippen LogP contribution is -2.49. The zero-order valence-corrected chi connectivity index (χ0v) is 13.1. The van der Waals surface area contributed by atoms with Crippen LogP contribution in [-0.2, 0) is 16.1 Å². The summed E-state index contributed by atoms with van der Waals surface area (Å²) in [6, 6.07) is 2.51. The molecule has 1 aromatic rings. The van der Waals surface area contributed by atoms with E-state index in [9.17, 15) is 4.79 Å². The van der Waals surface area contributed by atoms with E-state index in [4.69, 9.17) is 4.74 Å². The van der Waals surface area contributed by atoms with Crippen LogP contribution in [0.25, 0.3) is 0 Å². The Morgan fingerprint density at radius 2 is 2.18 bits per heavy atom. The van der Waals surface area contributed by atoms with Crippen LogP contribution in [0.3, 0.4) is 0 Å². The van der Waals surface area contributed by atoms with E-state index in [0.29, 0.717) is 6.04 Å². The van der Waals surface area contributed by atoms with Gasteiger partial charge in [-0.1, -0.05) is 0 Å². The summed E-state index contributed by atoms with van der Waals surface area (Å²) in [6.45, 7) is 4.28. The maximum absolute atomic E-state index is 12.5. The Hall–Kier alpha value is -1.40. The van der Waals surface area contributed by atoms with Gasteiger partial charge in [0, 0.05) is 44.7 Å². The van der Waals surface area contributed by atoms with E-state index < -0.39 is 0 Å². The summed E-state index contributed by atoms with van der Waals surface area (Å²) in [7, 11) is 0. The first-order valence-corrected chi connectivity index (χ1v) is 8.43. The van der Waals surface area contributed by atoms with E-state index in [1.165, 1.54) is 0 Å². The number of amides is 1. The number of carbonyl (C=O) groups excluding carboxylic acids is 1. The molecule has 1 amide bonds. The van der Waals surface area contributed by atoms with Crippen LogP contribution < -0.4 is 5.32 Å². The summed E-state index contributed by atoms with van der Waals surface area (Å²) >= 11 is 0. The van der Waals surface area contributed by atoms with Gasteiger partial charge in [0.05, 0.1) is 6.04 Å². The zero-order chi connectivity index (χ0) is 15.2. The first kappa shape index (κ1) is 15.5. The number of ether oxygens (including phenoxy) is 1. The van der Waals surface area contributed by atoms with Gasteiger partial charge in [-0.3, -0.25) is 14.4 Å². The maximum Gasteiger partial charge on any atom is 0.237 e. The van der Waals surface area contributed by atoms with Gasteiger partial charge in [-0.2, -0.15) is 5.10 Å². The van der Waals surface area contributed by atoms with Gasteiger partial charge in [0.1, 0.15) is 0 Å². The summed E-state index contributed by atoms with van der Waals surface area (Å²) in [5.74, 6) is 0.199. The van der Waals surface area contributed by atoms with Crippen LogP contribution in [0.1, 0.15) is 32.1 Å².